The molecule has 0 saturated heterocycles. The molecule has 1 aliphatic carbocycles. The van der Waals surface area contributed by atoms with Gasteiger partial charge in [-0.15, -0.1) is 0 Å². The van der Waals surface area contributed by atoms with E-state index in [4.69, 9.17) is 9.05 Å². The maximum atomic E-state index is 13.2. The Kier molecular flexibility index (Phi) is 10.2. The summed E-state index contributed by atoms with van der Waals surface area (Å²) in [5.41, 5.74) is -0.499. The lowest BCUT2D eigenvalue weighted by Gasteiger charge is -2.28. The molecule has 1 aromatic carbocycles. The summed E-state index contributed by atoms with van der Waals surface area (Å²) < 4.78 is 36.7. The number of hydrogen-bond donors (Lipinski definition) is 2. The van der Waals surface area contributed by atoms with Gasteiger partial charge in [-0.25, -0.2) is 0 Å². The van der Waals surface area contributed by atoms with Crippen molar-refractivity contribution in [2.24, 2.45) is 11.8 Å². The van der Waals surface area contributed by atoms with Crippen molar-refractivity contribution in [3.05, 3.63) is 35.4 Å². The molecule has 3 unspecified atom stereocenters. The molecule has 1 aromatic rings. The molecule has 11 heteroatoms. The van der Waals surface area contributed by atoms with E-state index in [0.717, 1.165) is 0 Å². The van der Waals surface area contributed by atoms with Crippen LogP contribution in [0.1, 0.15) is 73.7 Å². The van der Waals surface area contributed by atoms with Crippen molar-refractivity contribution in [2.75, 3.05) is 13.2 Å². The molecular weight excluding hydrogens is 468 g/mol. The Morgan fingerprint density at radius 2 is 1.58 bits per heavy atom. The molecule has 1 aliphatic rings. The molecule has 0 aliphatic heterocycles. The van der Waals surface area contributed by atoms with E-state index in [1.807, 2.05) is 13.8 Å². The fourth-order valence-corrected chi connectivity index (χ4v) is 7.41. The summed E-state index contributed by atoms with van der Waals surface area (Å²) in [5.74, 6) is -3.34. The van der Waals surface area contributed by atoms with Gasteiger partial charge in [-0.1, -0.05) is 51.0 Å². The van der Waals surface area contributed by atoms with Crippen LogP contribution in [0.15, 0.2) is 24.3 Å². The lowest BCUT2D eigenvalue weighted by molar-refractivity contribution is -0.121. The normalized spacial score (nSPS) is 19.0. The first-order valence-corrected chi connectivity index (χ1v) is 14.4. The lowest BCUT2D eigenvalue weighted by Crippen LogP contribution is -2.25. The summed E-state index contributed by atoms with van der Waals surface area (Å²) >= 11 is 0. The van der Waals surface area contributed by atoms with E-state index in [0.29, 0.717) is 38.5 Å². The third-order valence-electron chi connectivity index (χ3n) is 5.33. The Bertz CT molecular complexity index is 955. The molecule has 182 valence electrons. The minimum Gasteiger partial charge on any atom is -0.323 e. The van der Waals surface area contributed by atoms with Gasteiger partial charge < -0.3 is 18.8 Å². The van der Waals surface area contributed by atoms with Gasteiger partial charge in [0, 0.05) is 11.5 Å². The summed E-state index contributed by atoms with van der Waals surface area (Å²) in [6, 6.07) is 7.13. The maximum Gasteiger partial charge on any atom is 0.347 e. The van der Waals surface area contributed by atoms with Crippen LogP contribution in [0.4, 0.5) is 0 Å². The Labute approximate surface area is 194 Å². The Hall–Kier alpha value is -1.65. The fourth-order valence-electron chi connectivity index (χ4n) is 3.31. The molecule has 9 nitrogen and oxygen atoms in total. The van der Waals surface area contributed by atoms with Crippen LogP contribution in [0.5, 0.6) is 0 Å². The average Bonchev–Trinajstić information content (AvgIpc) is 3.60. The zero-order valence-corrected chi connectivity index (χ0v) is 20.7. The number of unbranched alkanes of at least 4 members (excludes halogenated alkanes) is 2. The van der Waals surface area contributed by atoms with Gasteiger partial charge in [0.15, 0.2) is 22.9 Å². The average molecular weight is 499 g/mol. The van der Waals surface area contributed by atoms with Crippen LogP contribution in [-0.4, -0.2) is 34.6 Å². The fraction of sp³-hybridized carbons (Fsp3) is 0.591. The minimum atomic E-state index is -4.82. The van der Waals surface area contributed by atoms with Crippen molar-refractivity contribution >= 4 is 26.8 Å². The van der Waals surface area contributed by atoms with E-state index in [1.165, 1.54) is 24.3 Å². The van der Waals surface area contributed by atoms with Crippen LogP contribution in [0.2, 0.25) is 0 Å². The molecule has 2 rings (SSSR count). The highest BCUT2D eigenvalue weighted by Gasteiger charge is 2.50. The molecule has 0 spiro atoms. The maximum absolute atomic E-state index is 13.2. The number of ketones is 2. The number of hydrogen-bond acceptors (Lipinski definition) is 7. The van der Waals surface area contributed by atoms with Gasteiger partial charge in [0.1, 0.15) is 0 Å². The van der Waals surface area contributed by atoms with Crippen molar-refractivity contribution in [3.63, 3.8) is 0 Å². The molecule has 0 radical (unpaired) electrons. The van der Waals surface area contributed by atoms with Gasteiger partial charge in [0.05, 0.1) is 19.3 Å². The predicted octanol–water partition coefficient (Wildman–Crippen LogP) is 4.99. The SMILES string of the molecule is CCCCOP(=O)(O)C(c1ccccc1C(=O)C(C#N)C(=O)C1CC1)P(=O)(O)OCCCC. The van der Waals surface area contributed by atoms with Crippen LogP contribution in [0.25, 0.3) is 0 Å². The van der Waals surface area contributed by atoms with Crippen LogP contribution >= 0.6 is 15.2 Å². The number of nitriles is 1. The molecule has 0 bridgehead atoms. The number of benzene rings is 1. The number of Topliss-reactive ketones (excluding diaryl/α,β-unsaturated/α-hetero) is 2. The van der Waals surface area contributed by atoms with Crippen molar-refractivity contribution in [2.45, 2.75) is 57.8 Å². The van der Waals surface area contributed by atoms with Crippen molar-refractivity contribution in [1.29, 1.82) is 5.26 Å². The van der Waals surface area contributed by atoms with Gasteiger partial charge in [-0.2, -0.15) is 5.26 Å². The van der Waals surface area contributed by atoms with E-state index < -0.39 is 38.1 Å². The van der Waals surface area contributed by atoms with E-state index in [1.54, 1.807) is 6.07 Å². The summed E-state index contributed by atoms with van der Waals surface area (Å²) in [5, 5.41) is 7.43. The van der Waals surface area contributed by atoms with E-state index in [9.17, 15) is 33.8 Å². The smallest absolute Gasteiger partial charge is 0.323 e. The first-order valence-electron chi connectivity index (χ1n) is 11.1. The second-order valence-electron chi connectivity index (χ2n) is 8.07. The summed E-state index contributed by atoms with van der Waals surface area (Å²) in [7, 11) is -9.64. The molecule has 0 aromatic heterocycles. The van der Waals surface area contributed by atoms with Crippen LogP contribution in [0, 0.1) is 23.2 Å². The molecule has 3 atom stereocenters. The highest BCUT2D eigenvalue weighted by atomic mass is 31.2. The molecule has 0 amide bonds. The first-order chi connectivity index (χ1) is 15.6. The Balaban J connectivity index is 2.54. The highest BCUT2D eigenvalue weighted by Crippen LogP contribution is 2.74. The lowest BCUT2D eigenvalue weighted by atomic mass is 9.90. The molecular formula is C22H31NO8P2. The van der Waals surface area contributed by atoms with Gasteiger partial charge in [-0.3, -0.25) is 18.7 Å². The Morgan fingerprint density at radius 1 is 1.06 bits per heavy atom. The standard InChI is InChI=1S/C22H31NO8P2/c1-3-5-13-30-32(26,27)22(33(28,29)31-14-6-4-2)18-10-8-7-9-17(18)21(25)19(15-23)20(24)16-11-12-16/h7-10,16,19,22H,3-6,11-14H2,1-2H3,(H,26,27)(H,28,29). The van der Waals surface area contributed by atoms with E-state index in [2.05, 4.69) is 0 Å². The monoisotopic (exact) mass is 499 g/mol. The number of rotatable bonds is 15. The largest absolute Gasteiger partial charge is 0.347 e. The van der Waals surface area contributed by atoms with Crippen LogP contribution < -0.4 is 0 Å². The summed E-state index contributed by atoms with van der Waals surface area (Å²) in [4.78, 5) is 47.1. The van der Waals surface area contributed by atoms with E-state index in [-0.39, 0.29) is 30.3 Å². The predicted molar refractivity (Wildman–Crippen MR) is 122 cm³/mol. The zero-order valence-electron chi connectivity index (χ0n) is 18.9. The molecule has 33 heavy (non-hydrogen) atoms. The molecule has 1 fully saturated rings. The van der Waals surface area contributed by atoms with Crippen molar-refractivity contribution < 1.29 is 37.6 Å². The second kappa shape index (κ2) is 12.2. The number of nitrogens with zero attached hydrogens (tertiary/aromatic N) is 1. The third kappa shape index (κ3) is 7.16. The van der Waals surface area contributed by atoms with Gasteiger partial charge >= 0.3 is 15.2 Å². The second-order valence-corrected chi connectivity index (χ2v) is 12.3. The zero-order chi connectivity index (χ0) is 24.6. The minimum absolute atomic E-state index is 0.132. The number of carbonyl (C=O) groups excluding carboxylic acids is 2. The topological polar surface area (TPSA) is 151 Å². The number of carbonyl (C=O) groups is 2. The van der Waals surface area contributed by atoms with Crippen molar-refractivity contribution in [1.82, 2.24) is 0 Å². The van der Waals surface area contributed by atoms with Gasteiger partial charge in [0.25, 0.3) is 0 Å². The van der Waals surface area contributed by atoms with Gasteiger partial charge in [-0.05, 0) is 31.2 Å². The molecule has 1 saturated carbocycles. The van der Waals surface area contributed by atoms with Crippen LogP contribution in [0.3, 0.4) is 0 Å². The Morgan fingerprint density at radius 3 is 2.03 bits per heavy atom. The molecule has 0 heterocycles. The summed E-state index contributed by atoms with van der Waals surface area (Å²) in [6.07, 6.45) is 3.41. The third-order valence-corrected chi connectivity index (χ3v) is 9.98. The van der Waals surface area contributed by atoms with E-state index >= 15 is 0 Å². The first kappa shape index (κ1) is 27.6. The molecule has 2 N–H and O–H groups in total. The highest BCUT2D eigenvalue weighted by molar-refractivity contribution is 7.71. The van der Waals surface area contributed by atoms with Crippen molar-refractivity contribution in [3.8, 4) is 6.07 Å². The quantitative estimate of drug-likeness (QED) is 0.147. The summed E-state index contributed by atoms with van der Waals surface area (Å²) in [6.45, 7) is 3.43. The van der Waals surface area contributed by atoms with Crippen LogP contribution in [-0.2, 0) is 23.0 Å². The van der Waals surface area contributed by atoms with Gasteiger partial charge in [0.2, 0.25) is 0 Å².